The predicted octanol–water partition coefficient (Wildman–Crippen LogP) is 6.03. The van der Waals surface area contributed by atoms with Gasteiger partial charge in [-0.1, -0.05) is 83.9 Å². The number of ketones is 1. The summed E-state index contributed by atoms with van der Waals surface area (Å²) in [4.78, 5) is 39.6. The van der Waals surface area contributed by atoms with Gasteiger partial charge in [0, 0.05) is 26.8 Å². The van der Waals surface area contributed by atoms with Gasteiger partial charge in [0.2, 0.25) is 5.91 Å². The fourth-order valence-electron chi connectivity index (χ4n) is 4.71. The lowest BCUT2D eigenvalue weighted by Gasteiger charge is -2.41. The highest BCUT2D eigenvalue weighted by molar-refractivity contribution is 6.32. The minimum atomic E-state index is -1.11. The number of hydrogen-bond acceptors (Lipinski definition) is 3. The van der Waals surface area contributed by atoms with Gasteiger partial charge in [0.1, 0.15) is 0 Å². The van der Waals surface area contributed by atoms with Gasteiger partial charge in [-0.3, -0.25) is 19.7 Å². The van der Waals surface area contributed by atoms with E-state index in [1.54, 1.807) is 48.6 Å². The molecule has 2 aliphatic rings. The molecule has 1 aliphatic heterocycles. The summed E-state index contributed by atoms with van der Waals surface area (Å²) in [6, 6.07) is 21.5. The summed E-state index contributed by atoms with van der Waals surface area (Å²) >= 11 is 12.7. The minimum absolute atomic E-state index is 0.146. The second-order valence-corrected chi connectivity index (χ2v) is 9.29. The zero-order chi connectivity index (χ0) is 23.9. The van der Waals surface area contributed by atoms with Crippen molar-refractivity contribution in [1.82, 2.24) is 5.32 Å². The number of carbonyl (C=O) groups excluding carboxylic acids is 3. The molecule has 4 nitrogen and oxygen atoms in total. The number of halogens is 2. The van der Waals surface area contributed by atoms with Crippen molar-refractivity contribution in [2.45, 2.75) is 18.3 Å². The molecule has 2 amide bonds. The van der Waals surface area contributed by atoms with Crippen molar-refractivity contribution < 1.29 is 14.4 Å². The second kappa shape index (κ2) is 8.71. The molecule has 1 saturated heterocycles. The van der Waals surface area contributed by atoms with Crippen LogP contribution in [-0.4, -0.2) is 17.6 Å². The van der Waals surface area contributed by atoms with Crippen LogP contribution in [0.2, 0.25) is 10.0 Å². The van der Waals surface area contributed by atoms with Gasteiger partial charge in [0.05, 0.1) is 5.41 Å². The van der Waals surface area contributed by atoms with Crippen LogP contribution in [0.3, 0.4) is 0 Å². The fourth-order valence-corrected chi connectivity index (χ4v) is 5.09. The molecule has 0 radical (unpaired) electrons. The SMILES string of the molecule is O=C1NC(=O)C2(C/C1=C\c1ccccc1Cl)C/C(=C\c1ccccc1Cl)C(=O)c1ccccc12. The lowest BCUT2D eigenvalue weighted by atomic mass is 9.62. The van der Waals surface area contributed by atoms with Gasteiger partial charge in [-0.25, -0.2) is 0 Å². The van der Waals surface area contributed by atoms with Gasteiger partial charge in [-0.15, -0.1) is 0 Å². The van der Waals surface area contributed by atoms with E-state index in [0.29, 0.717) is 43.4 Å². The molecule has 5 rings (SSSR count). The smallest absolute Gasteiger partial charge is 0.253 e. The molecule has 3 aromatic carbocycles. The maximum absolute atomic E-state index is 13.4. The molecule has 1 atom stereocenters. The Labute approximate surface area is 206 Å². The van der Waals surface area contributed by atoms with Crippen molar-refractivity contribution in [3.05, 3.63) is 116 Å². The number of rotatable bonds is 2. The Balaban J connectivity index is 1.67. The van der Waals surface area contributed by atoms with Crippen LogP contribution < -0.4 is 5.32 Å². The Kier molecular flexibility index (Phi) is 5.72. The number of nitrogens with one attached hydrogen (secondary N) is 1. The van der Waals surface area contributed by atoms with E-state index in [-0.39, 0.29) is 18.6 Å². The molecular weight excluding hydrogens is 469 g/mol. The molecule has 0 aromatic heterocycles. The molecule has 1 spiro atoms. The van der Waals surface area contributed by atoms with Crippen LogP contribution in [0.5, 0.6) is 0 Å². The number of piperidine rings is 1. The fraction of sp³-hybridized carbons (Fsp3) is 0.107. The molecule has 1 heterocycles. The van der Waals surface area contributed by atoms with Crippen molar-refractivity contribution in [2.75, 3.05) is 0 Å². The number of hydrogen-bond donors (Lipinski definition) is 1. The van der Waals surface area contributed by atoms with Crippen molar-refractivity contribution in [2.24, 2.45) is 0 Å². The maximum Gasteiger partial charge on any atom is 0.253 e. The third-order valence-electron chi connectivity index (χ3n) is 6.39. The first-order valence-electron chi connectivity index (χ1n) is 10.8. The molecule has 0 bridgehead atoms. The van der Waals surface area contributed by atoms with Crippen LogP contribution in [0.25, 0.3) is 12.2 Å². The van der Waals surface area contributed by atoms with E-state index < -0.39 is 17.2 Å². The third-order valence-corrected chi connectivity index (χ3v) is 7.08. The highest BCUT2D eigenvalue weighted by Gasteiger charge is 2.51. The topological polar surface area (TPSA) is 63.2 Å². The van der Waals surface area contributed by atoms with Crippen LogP contribution in [0.1, 0.15) is 39.9 Å². The quantitative estimate of drug-likeness (QED) is 0.354. The van der Waals surface area contributed by atoms with Crippen molar-refractivity contribution in [1.29, 1.82) is 0 Å². The van der Waals surface area contributed by atoms with Crippen molar-refractivity contribution in [3.63, 3.8) is 0 Å². The van der Waals surface area contributed by atoms with E-state index >= 15 is 0 Å². The van der Waals surface area contributed by atoms with Gasteiger partial charge in [-0.2, -0.15) is 0 Å². The average molecular weight is 488 g/mol. The van der Waals surface area contributed by atoms with Crippen LogP contribution in [0, 0.1) is 0 Å². The molecule has 168 valence electrons. The normalized spacial score (nSPS) is 22.2. The van der Waals surface area contributed by atoms with E-state index in [2.05, 4.69) is 5.32 Å². The summed E-state index contributed by atoms with van der Waals surface area (Å²) in [5.41, 5.74) is 2.23. The summed E-state index contributed by atoms with van der Waals surface area (Å²) in [5.74, 6) is -1.03. The zero-order valence-electron chi connectivity index (χ0n) is 18.0. The molecule has 1 unspecified atom stereocenters. The Morgan fingerprint density at radius 3 is 1.88 bits per heavy atom. The maximum atomic E-state index is 13.4. The van der Waals surface area contributed by atoms with Crippen LogP contribution in [0.4, 0.5) is 0 Å². The number of carbonyl (C=O) groups is 3. The molecule has 6 heteroatoms. The van der Waals surface area contributed by atoms with E-state index in [1.807, 2.05) is 36.4 Å². The van der Waals surface area contributed by atoms with Gasteiger partial charge in [0.15, 0.2) is 5.78 Å². The first-order valence-corrected chi connectivity index (χ1v) is 11.5. The summed E-state index contributed by atoms with van der Waals surface area (Å²) in [5, 5.41) is 3.55. The molecule has 34 heavy (non-hydrogen) atoms. The number of amides is 2. The van der Waals surface area contributed by atoms with E-state index in [4.69, 9.17) is 23.2 Å². The molecule has 1 N–H and O–H groups in total. The van der Waals surface area contributed by atoms with Crippen molar-refractivity contribution in [3.8, 4) is 0 Å². The van der Waals surface area contributed by atoms with Crippen LogP contribution >= 0.6 is 23.2 Å². The van der Waals surface area contributed by atoms with Gasteiger partial charge >= 0.3 is 0 Å². The molecule has 1 aliphatic carbocycles. The van der Waals surface area contributed by atoms with Crippen LogP contribution in [0.15, 0.2) is 83.9 Å². The third kappa shape index (κ3) is 3.79. The lowest BCUT2D eigenvalue weighted by Crippen LogP contribution is -2.54. The predicted molar refractivity (Wildman–Crippen MR) is 134 cm³/mol. The van der Waals surface area contributed by atoms with Crippen molar-refractivity contribution >= 4 is 53.0 Å². The van der Waals surface area contributed by atoms with E-state index in [1.165, 1.54) is 0 Å². The monoisotopic (exact) mass is 487 g/mol. The molecular formula is C28H19Cl2NO3. The Morgan fingerprint density at radius 1 is 0.706 bits per heavy atom. The number of benzene rings is 3. The van der Waals surface area contributed by atoms with E-state index in [0.717, 1.165) is 0 Å². The minimum Gasteiger partial charge on any atom is -0.292 e. The Bertz CT molecular complexity index is 1420. The zero-order valence-corrected chi connectivity index (χ0v) is 19.5. The standard InChI is InChI=1S/C28H19Cl2NO3/c29-23-11-5-1-7-17(23)13-19-15-28(22-10-4-3-9-21(22)25(19)32)16-20(26(33)31-27(28)34)14-18-8-2-6-12-24(18)30/h1-14H,15-16H2,(H,31,33,34)/b19-13+,20-14+. The van der Waals surface area contributed by atoms with Gasteiger partial charge < -0.3 is 0 Å². The lowest BCUT2D eigenvalue weighted by molar-refractivity contribution is -0.135. The first kappa shape index (κ1) is 22.3. The van der Waals surface area contributed by atoms with Gasteiger partial charge in [0.25, 0.3) is 5.91 Å². The number of imide groups is 1. The average Bonchev–Trinajstić information content (AvgIpc) is 2.83. The largest absolute Gasteiger partial charge is 0.292 e. The Hall–Kier alpha value is -3.47. The molecule has 3 aromatic rings. The summed E-state index contributed by atoms with van der Waals surface area (Å²) in [6.07, 6.45) is 3.74. The number of Topliss-reactive ketones (excluding diaryl/α,β-unsaturated/α-hetero) is 1. The summed E-state index contributed by atoms with van der Waals surface area (Å²) in [7, 11) is 0. The highest BCUT2D eigenvalue weighted by atomic mass is 35.5. The van der Waals surface area contributed by atoms with Crippen LogP contribution in [-0.2, 0) is 15.0 Å². The molecule has 0 saturated carbocycles. The first-order chi connectivity index (χ1) is 16.4. The van der Waals surface area contributed by atoms with E-state index in [9.17, 15) is 14.4 Å². The highest BCUT2D eigenvalue weighted by Crippen LogP contribution is 2.46. The summed E-state index contributed by atoms with van der Waals surface area (Å²) in [6.45, 7) is 0. The summed E-state index contributed by atoms with van der Waals surface area (Å²) < 4.78 is 0. The molecule has 1 fully saturated rings. The van der Waals surface area contributed by atoms with Gasteiger partial charge in [-0.05, 0) is 53.8 Å². The Morgan fingerprint density at radius 2 is 1.24 bits per heavy atom. The number of allylic oxidation sites excluding steroid dienone is 1. The number of fused-ring (bicyclic) bond motifs is 2. The second-order valence-electron chi connectivity index (χ2n) is 8.48.